The maximum atomic E-state index is 12.8. The summed E-state index contributed by atoms with van der Waals surface area (Å²) in [6, 6.07) is 16.0. The lowest BCUT2D eigenvalue weighted by Crippen LogP contribution is -2.23. The van der Waals surface area contributed by atoms with Crippen LogP contribution in [-0.2, 0) is 17.6 Å². The Bertz CT molecular complexity index is 935. The first-order chi connectivity index (χ1) is 13.0. The summed E-state index contributed by atoms with van der Waals surface area (Å²) in [5.41, 5.74) is 4.70. The number of halogens is 1. The second kappa shape index (κ2) is 7.32. The topological polar surface area (TPSA) is 49.7 Å². The van der Waals surface area contributed by atoms with Crippen molar-refractivity contribution in [2.24, 2.45) is 4.99 Å². The highest BCUT2D eigenvalue weighted by Crippen LogP contribution is 2.35. The van der Waals surface area contributed by atoms with Crippen molar-refractivity contribution in [1.29, 1.82) is 0 Å². The number of allylic oxidation sites excluding steroid dienone is 2. The first kappa shape index (κ1) is 18.0. The molecule has 4 heteroatoms. The summed E-state index contributed by atoms with van der Waals surface area (Å²) < 4.78 is 0. The van der Waals surface area contributed by atoms with Crippen LogP contribution in [0.1, 0.15) is 42.4 Å². The molecule has 0 fully saturated rings. The Morgan fingerprint density at radius 3 is 2.37 bits per heavy atom. The Labute approximate surface area is 164 Å². The van der Waals surface area contributed by atoms with Gasteiger partial charge in [0.15, 0.2) is 5.78 Å². The molecule has 1 atom stereocenters. The standard InChI is InChI=1S/C23H22ClNO2/c1-14(25-20-10-16-5-2-3-6-17(16)11-20)23-21(26)12-18(13-22(23)27)15-7-4-8-19(24)9-15/h2-9,18,20,26H,10-13H2,1H3. The largest absolute Gasteiger partial charge is 0.511 e. The van der Waals surface area contributed by atoms with E-state index in [-0.39, 0.29) is 23.5 Å². The van der Waals surface area contributed by atoms with Crippen LogP contribution >= 0.6 is 11.6 Å². The minimum atomic E-state index is -0.0412. The van der Waals surface area contributed by atoms with Crippen molar-refractivity contribution in [3.05, 3.63) is 81.6 Å². The molecule has 27 heavy (non-hydrogen) atoms. The van der Waals surface area contributed by atoms with Gasteiger partial charge in [0.25, 0.3) is 0 Å². The van der Waals surface area contributed by atoms with E-state index in [1.165, 1.54) is 11.1 Å². The van der Waals surface area contributed by atoms with Crippen LogP contribution in [0.2, 0.25) is 5.02 Å². The predicted molar refractivity (Wildman–Crippen MR) is 109 cm³/mol. The van der Waals surface area contributed by atoms with Crippen molar-refractivity contribution in [2.45, 2.75) is 44.6 Å². The lowest BCUT2D eigenvalue weighted by Gasteiger charge is -2.24. The van der Waals surface area contributed by atoms with Gasteiger partial charge in [0.2, 0.25) is 0 Å². The summed E-state index contributed by atoms with van der Waals surface area (Å²) in [5, 5.41) is 11.2. The molecule has 0 saturated carbocycles. The molecule has 0 bridgehead atoms. The summed E-state index contributed by atoms with van der Waals surface area (Å²) in [6.45, 7) is 1.84. The monoisotopic (exact) mass is 379 g/mol. The number of hydrogen-bond acceptors (Lipinski definition) is 3. The van der Waals surface area contributed by atoms with Gasteiger partial charge in [-0.05, 0) is 54.5 Å². The fourth-order valence-electron chi connectivity index (χ4n) is 4.27. The summed E-state index contributed by atoms with van der Waals surface area (Å²) in [4.78, 5) is 17.6. The van der Waals surface area contributed by atoms with Gasteiger partial charge in [0.05, 0.1) is 11.6 Å². The number of nitrogens with zero attached hydrogens (tertiary/aromatic N) is 1. The average molecular weight is 380 g/mol. The van der Waals surface area contributed by atoms with Crippen LogP contribution in [0.3, 0.4) is 0 Å². The van der Waals surface area contributed by atoms with Crippen LogP contribution in [0.5, 0.6) is 0 Å². The molecule has 0 saturated heterocycles. The van der Waals surface area contributed by atoms with Crippen molar-refractivity contribution in [3.63, 3.8) is 0 Å². The minimum absolute atomic E-state index is 0.0384. The van der Waals surface area contributed by atoms with Gasteiger partial charge in [0.1, 0.15) is 5.76 Å². The van der Waals surface area contributed by atoms with E-state index < -0.39 is 0 Å². The van der Waals surface area contributed by atoms with Gasteiger partial charge in [-0.2, -0.15) is 0 Å². The molecule has 2 aromatic carbocycles. The Balaban J connectivity index is 1.55. The number of fused-ring (bicyclic) bond motifs is 1. The highest BCUT2D eigenvalue weighted by atomic mass is 35.5. The SMILES string of the molecule is CC(=NC1Cc2ccccc2C1)C1=C(O)CC(c2cccc(Cl)c2)CC1=O. The van der Waals surface area contributed by atoms with E-state index >= 15 is 0 Å². The molecule has 0 amide bonds. The zero-order chi connectivity index (χ0) is 19.0. The Hall–Kier alpha value is -2.39. The van der Waals surface area contributed by atoms with Gasteiger partial charge in [-0.1, -0.05) is 48.0 Å². The number of carbonyl (C=O) groups is 1. The lowest BCUT2D eigenvalue weighted by molar-refractivity contribution is -0.116. The van der Waals surface area contributed by atoms with Crippen molar-refractivity contribution < 1.29 is 9.90 Å². The van der Waals surface area contributed by atoms with E-state index in [9.17, 15) is 9.90 Å². The van der Waals surface area contributed by atoms with Gasteiger partial charge in [0, 0.05) is 23.6 Å². The number of hydrogen-bond donors (Lipinski definition) is 1. The molecule has 2 aliphatic rings. The summed E-state index contributed by atoms with van der Waals surface area (Å²) >= 11 is 6.07. The van der Waals surface area contributed by atoms with Crippen LogP contribution in [0, 0.1) is 0 Å². The smallest absolute Gasteiger partial charge is 0.168 e. The number of aliphatic hydroxyl groups excluding tert-OH is 1. The van der Waals surface area contributed by atoms with E-state index in [0.717, 1.165) is 18.4 Å². The first-order valence-corrected chi connectivity index (χ1v) is 9.71. The predicted octanol–water partition coefficient (Wildman–Crippen LogP) is 5.23. The second-order valence-corrected chi connectivity index (χ2v) is 7.89. The van der Waals surface area contributed by atoms with Gasteiger partial charge in [-0.15, -0.1) is 0 Å². The molecular formula is C23H22ClNO2. The third kappa shape index (κ3) is 3.70. The molecule has 0 spiro atoms. The van der Waals surface area contributed by atoms with Gasteiger partial charge < -0.3 is 5.11 Å². The highest BCUT2D eigenvalue weighted by molar-refractivity contribution is 6.30. The van der Waals surface area contributed by atoms with Gasteiger partial charge in [-0.25, -0.2) is 0 Å². The van der Waals surface area contributed by atoms with Crippen LogP contribution in [-0.4, -0.2) is 22.6 Å². The van der Waals surface area contributed by atoms with Crippen molar-refractivity contribution >= 4 is 23.1 Å². The number of aliphatic imine (C=N–C) groups is 1. The van der Waals surface area contributed by atoms with E-state index in [4.69, 9.17) is 16.6 Å². The van der Waals surface area contributed by atoms with E-state index in [0.29, 0.717) is 29.1 Å². The van der Waals surface area contributed by atoms with Crippen LogP contribution < -0.4 is 0 Å². The maximum Gasteiger partial charge on any atom is 0.168 e. The molecule has 2 aromatic rings. The third-order valence-corrected chi connectivity index (χ3v) is 5.76. The fourth-order valence-corrected chi connectivity index (χ4v) is 4.47. The fraction of sp³-hybridized carbons (Fsp3) is 0.304. The summed E-state index contributed by atoms with van der Waals surface area (Å²) in [6.07, 6.45) is 2.60. The van der Waals surface area contributed by atoms with Crippen molar-refractivity contribution in [1.82, 2.24) is 0 Å². The average Bonchev–Trinajstić information content (AvgIpc) is 3.03. The first-order valence-electron chi connectivity index (χ1n) is 9.33. The molecule has 0 aromatic heterocycles. The zero-order valence-corrected chi connectivity index (χ0v) is 16.0. The quantitative estimate of drug-likeness (QED) is 0.742. The number of benzene rings is 2. The minimum Gasteiger partial charge on any atom is -0.511 e. The van der Waals surface area contributed by atoms with E-state index in [1.807, 2.05) is 43.3 Å². The normalized spacial score (nSPS) is 20.9. The number of Topliss-reactive ketones (excluding diaryl/α,β-unsaturated/α-hetero) is 1. The molecule has 4 rings (SSSR count). The highest BCUT2D eigenvalue weighted by Gasteiger charge is 2.31. The number of carbonyl (C=O) groups excluding carboxylic acids is 1. The number of ketones is 1. The zero-order valence-electron chi connectivity index (χ0n) is 15.3. The third-order valence-electron chi connectivity index (χ3n) is 5.53. The van der Waals surface area contributed by atoms with Crippen molar-refractivity contribution in [2.75, 3.05) is 0 Å². The van der Waals surface area contributed by atoms with Crippen LogP contribution in [0.15, 0.2) is 64.9 Å². The molecule has 0 heterocycles. The van der Waals surface area contributed by atoms with Gasteiger partial charge >= 0.3 is 0 Å². The molecular weight excluding hydrogens is 358 g/mol. The Kier molecular flexibility index (Phi) is 4.88. The van der Waals surface area contributed by atoms with E-state index in [2.05, 4.69) is 12.1 Å². The molecule has 1 N–H and O–H groups in total. The summed E-state index contributed by atoms with van der Waals surface area (Å²) in [5.74, 6) is 0.0666. The number of aliphatic hydroxyl groups is 1. The Morgan fingerprint density at radius 2 is 1.74 bits per heavy atom. The molecule has 1 unspecified atom stereocenters. The Morgan fingerprint density at radius 1 is 1.04 bits per heavy atom. The molecule has 0 radical (unpaired) electrons. The molecule has 2 aliphatic carbocycles. The molecule has 3 nitrogen and oxygen atoms in total. The maximum absolute atomic E-state index is 12.8. The van der Waals surface area contributed by atoms with Crippen LogP contribution in [0.25, 0.3) is 0 Å². The summed E-state index contributed by atoms with van der Waals surface area (Å²) in [7, 11) is 0. The lowest BCUT2D eigenvalue weighted by atomic mass is 9.81. The number of rotatable bonds is 3. The second-order valence-electron chi connectivity index (χ2n) is 7.45. The van der Waals surface area contributed by atoms with E-state index in [1.54, 1.807) is 0 Å². The van der Waals surface area contributed by atoms with Crippen LogP contribution in [0.4, 0.5) is 0 Å². The van der Waals surface area contributed by atoms with Crippen molar-refractivity contribution in [3.8, 4) is 0 Å². The van der Waals surface area contributed by atoms with Gasteiger partial charge in [-0.3, -0.25) is 9.79 Å². The molecule has 138 valence electrons. The molecule has 0 aliphatic heterocycles.